The summed E-state index contributed by atoms with van der Waals surface area (Å²) in [5.74, 6) is -0.0523. The summed E-state index contributed by atoms with van der Waals surface area (Å²) in [7, 11) is 0. The predicted molar refractivity (Wildman–Crippen MR) is 306 cm³/mol. The molecule has 0 aromatic heterocycles. The number of aliphatic hydroxyl groups is 2. The normalized spacial score (nSPS) is 12.7. The number of allylic oxidation sites excluding steroid dienone is 4. The topological polar surface area (TPSA) is 95.9 Å². The molecule has 70 heavy (non-hydrogen) atoms. The molecule has 6 heteroatoms. The Hall–Kier alpha value is -1.66. The first-order chi connectivity index (χ1) is 34.5. The van der Waals surface area contributed by atoms with Crippen molar-refractivity contribution in [2.75, 3.05) is 13.2 Å². The number of unbranched alkanes of at least 4 members (excludes halogenated alkanes) is 44. The van der Waals surface area contributed by atoms with Crippen LogP contribution in [-0.4, -0.2) is 47.4 Å². The van der Waals surface area contributed by atoms with Crippen LogP contribution in [0.5, 0.6) is 0 Å². The van der Waals surface area contributed by atoms with Crippen LogP contribution in [0.25, 0.3) is 0 Å². The fourth-order valence-electron chi connectivity index (χ4n) is 9.91. The number of hydrogen-bond donors (Lipinski definition) is 3. The molecule has 0 aromatic rings. The summed E-state index contributed by atoms with van der Waals surface area (Å²) in [6.07, 6.45) is 73.2. The Balaban J connectivity index is 3.43. The summed E-state index contributed by atoms with van der Waals surface area (Å²) in [5.41, 5.74) is 0. The molecule has 3 N–H and O–H groups in total. The molecule has 2 unspecified atom stereocenters. The Labute approximate surface area is 437 Å². The van der Waals surface area contributed by atoms with Crippen LogP contribution in [0.2, 0.25) is 0 Å². The van der Waals surface area contributed by atoms with Crippen molar-refractivity contribution in [2.24, 2.45) is 0 Å². The number of nitrogens with one attached hydrogen (secondary N) is 1. The van der Waals surface area contributed by atoms with E-state index in [1.165, 1.54) is 257 Å². The molecule has 2 atom stereocenters. The fraction of sp³-hybridized carbons (Fsp3) is 0.906. The van der Waals surface area contributed by atoms with Crippen molar-refractivity contribution in [3.8, 4) is 0 Å². The van der Waals surface area contributed by atoms with Gasteiger partial charge in [0.2, 0.25) is 5.91 Å². The number of carbonyl (C=O) groups is 2. The highest BCUT2D eigenvalue weighted by atomic mass is 16.5. The van der Waals surface area contributed by atoms with E-state index in [2.05, 4.69) is 43.5 Å². The van der Waals surface area contributed by atoms with Crippen molar-refractivity contribution in [3.63, 3.8) is 0 Å². The Bertz CT molecular complexity index is 1090. The highest BCUT2D eigenvalue weighted by molar-refractivity contribution is 5.76. The van der Waals surface area contributed by atoms with Crippen LogP contribution in [0, 0.1) is 0 Å². The maximum atomic E-state index is 12.5. The molecule has 414 valence electrons. The average molecular weight is 987 g/mol. The van der Waals surface area contributed by atoms with Gasteiger partial charge in [-0.1, -0.05) is 301 Å². The van der Waals surface area contributed by atoms with E-state index in [-0.39, 0.29) is 18.5 Å². The molecule has 0 aliphatic carbocycles. The highest BCUT2D eigenvalue weighted by Crippen LogP contribution is 2.18. The summed E-state index contributed by atoms with van der Waals surface area (Å²) in [5, 5.41) is 23.4. The average Bonchev–Trinajstić information content (AvgIpc) is 3.36. The molecule has 0 bridgehead atoms. The number of carbonyl (C=O) groups excluding carboxylic acids is 2. The van der Waals surface area contributed by atoms with E-state index < -0.39 is 12.1 Å². The predicted octanol–water partition coefficient (Wildman–Crippen LogP) is 19.8. The lowest BCUT2D eigenvalue weighted by molar-refractivity contribution is -0.143. The van der Waals surface area contributed by atoms with Crippen LogP contribution in [-0.2, 0) is 14.3 Å². The van der Waals surface area contributed by atoms with Crippen molar-refractivity contribution in [2.45, 2.75) is 360 Å². The molecule has 0 aromatic carbocycles. The van der Waals surface area contributed by atoms with Gasteiger partial charge in [0.1, 0.15) is 0 Å². The molecule has 0 spiro atoms. The Kier molecular flexibility index (Phi) is 58.5. The van der Waals surface area contributed by atoms with Gasteiger partial charge in [-0.05, 0) is 57.8 Å². The minimum Gasteiger partial charge on any atom is -0.466 e. The molecule has 1 amide bonds. The van der Waals surface area contributed by atoms with Gasteiger partial charge in [0, 0.05) is 12.8 Å². The zero-order chi connectivity index (χ0) is 50.7. The first-order valence-electron chi connectivity index (χ1n) is 31.6. The number of aliphatic hydroxyl groups excluding tert-OH is 2. The maximum absolute atomic E-state index is 12.5. The van der Waals surface area contributed by atoms with E-state index in [4.69, 9.17) is 4.74 Å². The van der Waals surface area contributed by atoms with Crippen LogP contribution in [0.15, 0.2) is 24.3 Å². The van der Waals surface area contributed by atoms with Crippen molar-refractivity contribution in [1.29, 1.82) is 0 Å². The first-order valence-corrected chi connectivity index (χ1v) is 31.6. The van der Waals surface area contributed by atoms with E-state index in [1.807, 2.05) is 0 Å². The largest absolute Gasteiger partial charge is 0.466 e. The lowest BCUT2D eigenvalue weighted by atomic mass is 10.0. The van der Waals surface area contributed by atoms with Crippen molar-refractivity contribution in [1.82, 2.24) is 5.32 Å². The zero-order valence-electron chi connectivity index (χ0n) is 47.3. The molecule has 0 saturated carbocycles. The number of hydrogen-bond acceptors (Lipinski definition) is 5. The summed E-state index contributed by atoms with van der Waals surface area (Å²) < 4.78 is 5.48. The Morgan fingerprint density at radius 1 is 0.400 bits per heavy atom. The zero-order valence-corrected chi connectivity index (χ0v) is 47.3. The van der Waals surface area contributed by atoms with Gasteiger partial charge < -0.3 is 20.3 Å². The third-order valence-electron chi connectivity index (χ3n) is 14.8. The summed E-state index contributed by atoms with van der Waals surface area (Å²) in [4.78, 5) is 24.6. The van der Waals surface area contributed by atoms with Crippen LogP contribution < -0.4 is 5.32 Å². The smallest absolute Gasteiger partial charge is 0.305 e. The number of rotatable bonds is 59. The van der Waals surface area contributed by atoms with Crippen LogP contribution >= 0.6 is 0 Å². The molecule has 0 rings (SSSR count). The third-order valence-corrected chi connectivity index (χ3v) is 14.8. The monoisotopic (exact) mass is 986 g/mol. The molecular formula is C64H123NO5. The molecule has 0 fully saturated rings. The van der Waals surface area contributed by atoms with E-state index in [1.54, 1.807) is 0 Å². The molecule has 0 heterocycles. The van der Waals surface area contributed by atoms with Gasteiger partial charge in [0.15, 0.2) is 0 Å². The Morgan fingerprint density at radius 2 is 0.714 bits per heavy atom. The van der Waals surface area contributed by atoms with Crippen molar-refractivity contribution >= 4 is 11.9 Å². The van der Waals surface area contributed by atoms with E-state index >= 15 is 0 Å². The van der Waals surface area contributed by atoms with Crippen LogP contribution in [0.1, 0.15) is 348 Å². The highest BCUT2D eigenvalue weighted by Gasteiger charge is 2.20. The SMILES string of the molecule is CCCCCC/C=C\C/C=C\CCCCCCCC(=O)OCCCCCCCCCCCCCCCCCC(=O)NC(CO)C(O)CCCCCCCCCCCCCCCCCCCCCCCC. The molecular weight excluding hydrogens is 863 g/mol. The summed E-state index contributed by atoms with van der Waals surface area (Å²) >= 11 is 0. The van der Waals surface area contributed by atoms with Gasteiger partial charge in [-0.15, -0.1) is 0 Å². The van der Waals surface area contributed by atoms with Crippen LogP contribution in [0.3, 0.4) is 0 Å². The van der Waals surface area contributed by atoms with Gasteiger partial charge in [0.05, 0.1) is 25.4 Å². The van der Waals surface area contributed by atoms with Crippen LogP contribution in [0.4, 0.5) is 0 Å². The van der Waals surface area contributed by atoms with Gasteiger partial charge in [-0.3, -0.25) is 9.59 Å². The summed E-state index contributed by atoms with van der Waals surface area (Å²) in [6.45, 7) is 4.94. The van der Waals surface area contributed by atoms with E-state index in [9.17, 15) is 19.8 Å². The number of amides is 1. The van der Waals surface area contributed by atoms with Gasteiger partial charge in [-0.25, -0.2) is 0 Å². The second kappa shape index (κ2) is 59.9. The molecule has 0 aliphatic heterocycles. The molecule has 6 nitrogen and oxygen atoms in total. The summed E-state index contributed by atoms with van der Waals surface area (Å²) in [6, 6.07) is -0.550. The minimum absolute atomic E-state index is 0.0118. The molecule has 0 saturated heterocycles. The second-order valence-corrected chi connectivity index (χ2v) is 21.7. The van der Waals surface area contributed by atoms with Gasteiger partial charge in [-0.2, -0.15) is 0 Å². The van der Waals surface area contributed by atoms with Crippen molar-refractivity contribution in [3.05, 3.63) is 24.3 Å². The first kappa shape index (κ1) is 68.3. The molecule has 0 radical (unpaired) electrons. The van der Waals surface area contributed by atoms with Gasteiger partial charge >= 0.3 is 5.97 Å². The quantitative estimate of drug-likeness (QED) is 0.0321. The Morgan fingerprint density at radius 3 is 1.10 bits per heavy atom. The second-order valence-electron chi connectivity index (χ2n) is 21.7. The maximum Gasteiger partial charge on any atom is 0.305 e. The van der Waals surface area contributed by atoms with Crippen molar-refractivity contribution < 1.29 is 24.5 Å². The minimum atomic E-state index is -0.672. The standard InChI is InChI=1S/C64H123NO5/c1-3-5-7-9-11-13-15-17-19-21-22-23-24-25-26-28-32-36-40-44-48-52-56-62(67)61(60-66)65-63(68)57-53-49-45-41-37-33-29-27-31-35-39-43-47-51-55-59-70-64(69)58-54-50-46-42-38-34-30-20-18-16-14-12-10-8-6-4-2/h14,16,20,30,61-62,66-67H,3-13,15,17-19,21-29,31-60H2,1-2H3,(H,65,68)/b16-14-,30-20-. The number of esters is 1. The van der Waals surface area contributed by atoms with E-state index in [0.717, 1.165) is 57.8 Å². The lowest BCUT2D eigenvalue weighted by Gasteiger charge is -2.22. The van der Waals surface area contributed by atoms with Gasteiger partial charge in [0.25, 0.3) is 0 Å². The number of ether oxygens (including phenoxy) is 1. The fourth-order valence-corrected chi connectivity index (χ4v) is 9.91. The molecule has 0 aliphatic rings. The van der Waals surface area contributed by atoms with E-state index in [0.29, 0.717) is 25.9 Å². The third kappa shape index (κ3) is 55.7. The lowest BCUT2D eigenvalue weighted by Crippen LogP contribution is -2.45.